The predicted octanol–water partition coefficient (Wildman–Crippen LogP) is 2.68. The fourth-order valence-electron chi connectivity index (χ4n) is 2.80. The normalized spacial score (nSPS) is 23.7. The van der Waals surface area contributed by atoms with Gasteiger partial charge in [-0.25, -0.2) is 0 Å². The minimum absolute atomic E-state index is 0.219. The Hall–Kier alpha value is -0.930. The number of piperazine rings is 1. The first-order valence-corrected chi connectivity index (χ1v) is 7.35. The smallest absolute Gasteiger partial charge is 0.0281 e. The zero-order chi connectivity index (χ0) is 13.9. The summed E-state index contributed by atoms with van der Waals surface area (Å²) >= 11 is 0. The van der Waals surface area contributed by atoms with Crippen LogP contribution in [0.15, 0.2) is 24.5 Å². The van der Waals surface area contributed by atoms with Gasteiger partial charge in [0.05, 0.1) is 0 Å². The molecule has 19 heavy (non-hydrogen) atoms. The molecule has 1 aliphatic heterocycles. The second kappa shape index (κ2) is 6.02. The van der Waals surface area contributed by atoms with Crippen molar-refractivity contribution in [2.75, 3.05) is 13.1 Å². The molecule has 1 atom stereocenters. The summed E-state index contributed by atoms with van der Waals surface area (Å²) in [5.41, 5.74) is 1.57. The molecule has 0 saturated carbocycles. The van der Waals surface area contributed by atoms with Crippen molar-refractivity contribution in [2.24, 2.45) is 5.92 Å². The third kappa shape index (κ3) is 4.02. The molecule has 1 aromatic rings. The highest BCUT2D eigenvalue weighted by Crippen LogP contribution is 2.23. The van der Waals surface area contributed by atoms with Crippen molar-refractivity contribution in [3.05, 3.63) is 30.1 Å². The Labute approximate surface area is 117 Å². The number of hydrogen-bond acceptors (Lipinski definition) is 3. The molecule has 2 heterocycles. The lowest BCUT2D eigenvalue weighted by molar-refractivity contribution is 0.0535. The second-order valence-electron chi connectivity index (χ2n) is 6.76. The van der Waals surface area contributed by atoms with Gasteiger partial charge < -0.3 is 5.32 Å². The van der Waals surface area contributed by atoms with Crippen LogP contribution < -0.4 is 5.32 Å². The van der Waals surface area contributed by atoms with Crippen molar-refractivity contribution in [2.45, 2.75) is 52.2 Å². The topological polar surface area (TPSA) is 28.2 Å². The summed E-state index contributed by atoms with van der Waals surface area (Å²) in [5.74, 6) is 0.751. The van der Waals surface area contributed by atoms with E-state index >= 15 is 0 Å². The molecule has 1 saturated heterocycles. The van der Waals surface area contributed by atoms with E-state index < -0.39 is 0 Å². The Morgan fingerprint density at radius 2 is 2.05 bits per heavy atom. The maximum atomic E-state index is 4.10. The van der Waals surface area contributed by atoms with Crippen molar-refractivity contribution in [3.8, 4) is 0 Å². The molecular formula is C16H27N3. The van der Waals surface area contributed by atoms with Crippen molar-refractivity contribution in [1.29, 1.82) is 0 Å². The molecular weight excluding hydrogens is 234 g/mol. The monoisotopic (exact) mass is 261 g/mol. The lowest BCUT2D eigenvalue weighted by Gasteiger charge is -2.46. The summed E-state index contributed by atoms with van der Waals surface area (Å²) in [6, 6.07) is 4.86. The highest BCUT2D eigenvalue weighted by Gasteiger charge is 2.33. The molecule has 0 aliphatic carbocycles. The molecule has 1 unspecified atom stereocenters. The van der Waals surface area contributed by atoms with E-state index in [1.165, 1.54) is 12.0 Å². The summed E-state index contributed by atoms with van der Waals surface area (Å²) < 4.78 is 0. The molecule has 1 N–H and O–H groups in total. The fraction of sp³-hybridized carbons (Fsp3) is 0.688. The van der Waals surface area contributed by atoms with E-state index in [4.69, 9.17) is 0 Å². The molecule has 1 aromatic heterocycles. The van der Waals surface area contributed by atoms with Gasteiger partial charge >= 0.3 is 0 Å². The maximum Gasteiger partial charge on any atom is 0.0281 e. The van der Waals surface area contributed by atoms with E-state index in [0.717, 1.165) is 25.6 Å². The van der Waals surface area contributed by atoms with Gasteiger partial charge in [-0.05, 0) is 43.9 Å². The van der Waals surface area contributed by atoms with Crippen LogP contribution in [0.1, 0.15) is 39.7 Å². The minimum Gasteiger partial charge on any atom is -0.311 e. The Morgan fingerprint density at radius 1 is 1.37 bits per heavy atom. The fourth-order valence-corrected chi connectivity index (χ4v) is 2.80. The van der Waals surface area contributed by atoms with Gasteiger partial charge in [0.25, 0.3) is 0 Å². The molecule has 0 amide bonds. The first-order chi connectivity index (χ1) is 8.97. The first-order valence-electron chi connectivity index (χ1n) is 7.35. The predicted molar refractivity (Wildman–Crippen MR) is 80.0 cm³/mol. The van der Waals surface area contributed by atoms with E-state index in [1.807, 2.05) is 12.4 Å². The van der Waals surface area contributed by atoms with Crippen LogP contribution in [0.5, 0.6) is 0 Å². The van der Waals surface area contributed by atoms with Gasteiger partial charge in [0.1, 0.15) is 0 Å². The first kappa shape index (κ1) is 14.5. The van der Waals surface area contributed by atoms with Crippen molar-refractivity contribution in [3.63, 3.8) is 0 Å². The number of nitrogens with one attached hydrogen (secondary N) is 1. The van der Waals surface area contributed by atoms with Crippen LogP contribution in [-0.4, -0.2) is 34.6 Å². The van der Waals surface area contributed by atoms with Gasteiger partial charge in [0.15, 0.2) is 0 Å². The second-order valence-corrected chi connectivity index (χ2v) is 6.76. The molecule has 1 aliphatic rings. The standard InChI is InChI=1S/C16H27N3/c1-13(2)9-15-11-19(16(3,4)12-18-15)10-14-5-7-17-8-6-14/h5-8,13,15,18H,9-12H2,1-4H3. The summed E-state index contributed by atoms with van der Waals surface area (Å²) in [5, 5.41) is 3.70. The minimum atomic E-state index is 0.219. The van der Waals surface area contributed by atoms with E-state index in [2.05, 4.69) is 55.0 Å². The molecule has 2 rings (SSSR count). The van der Waals surface area contributed by atoms with E-state index in [0.29, 0.717) is 6.04 Å². The lowest BCUT2D eigenvalue weighted by atomic mass is 9.93. The quantitative estimate of drug-likeness (QED) is 0.903. The number of nitrogens with zero attached hydrogens (tertiary/aromatic N) is 2. The van der Waals surface area contributed by atoms with E-state index in [-0.39, 0.29) is 5.54 Å². The van der Waals surface area contributed by atoms with Crippen molar-refractivity contribution >= 4 is 0 Å². The zero-order valence-electron chi connectivity index (χ0n) is 12.7. The van der Waals surface area contributed by atoms with Crippen molar-refractivity contribution < 1.29 is 0 Å². The third-order valence-electron chi connectivity index (χ3n) is 4.00. The Balaban J connectivity index is 2.02. The summed E-state index contributed by atoms with van der Waals surface area (Å²) in [6.45, 7) is 12.5. The van der Waals surface area contributed by atoms with Gasteiger partial charge in [0, 0.05) is 43.6 Å². The largest absolute Gasteiger partial charge is 0.311 e. The SMILES string of the molecule is CC(C)CC1CN(Cc2ccncc2)C(C)(C)CN1. The van der Waals surface area contributed by atoms with Crippen LogP contribution in [0.2, 0.25) is 0 Å². The highest BCUT2D eigenvalue weighted by atomic mass is 15.3. The molecule has 3 heteroatoms. The van der Waals surface area contributed by atoms with Crippen LogP contribution in [0, 0.1) is 5.92 Å². The number of hydrogen-bond donors (Lipinski definition) is 1. The zero-order valence-corrected chi connectivity index (χ0v) is 12.7. The van der Waals surface area contributed by atoms with Gasteiger partial charge in [-0.15, -0.1) is 0 Å². The molecule has 1 fully saturated rings. The van der Waals surface area contributed by atoms with E-state index in [1.54, 1.807) is 0 Å². The van der Waals surface area contributed by atoms with E-state index in [9.17, 15) is 0 Å². The number of aromatic nitrogens is 1. The molecule has 3 nitrogen and oxygen atoms in total. The molecule has 0 bridgehead atoms. The van der Waals surface area contributed by atoms with Gasteiger partial charge in [-0.2, -0.15) is 0 Å². The average Bonchev–Trinajstić information content (AvgIpc) is 2.34. The Morgan fingerprint density at radius 3 is 2.68 bits per heavy atom. The van der Waals surface area contributed by atoms with Crippen LogP contribution >= 0.6 is 0 Å². The number of rotatable bonds is 4. The summed E-state index contributed by atoms with van der Waals surface area (Å²) in [6.07, 6.45) is 5.02. The van der Waals surface area contributed by atoms with Gasteiger partial charge in [-0.1, -0.05) is 13.8 Å². The third-order valence-corrected chi connectivity index (χ3v) is 4.00. The Kier molecular flexibility index (Phi) is 4.58. The van der Waals surface area contributed by atoms with Gasteiger partial charge in [0.2, 0.25) is 0 Å². The number of pyridine rings is 1. The average molecular weight is 261 g/mol. The highest BCUT2D eigenvalue weighted by molar-refractivity contribution is 5.11. The maximum absolute atomic E-state index is 4.10. The van der Waals surface area contributed by atoms with Crippen molar-refractivity contribution in [1.82, 2.24) is 15.2 Å². The molecule has 0 spiro atoms. The molecule has 106 valence electrons. The Bertz CT molecular complexity index is 386. The summed E-state index contributed by atoms with van der Waals surface area (Å²) in [4.78, 5) is 6.70. The van der Waals surface area contributed by atoms with Gasteiger partial charge in [-0.3, -0.25) is 9.88 Å². The van der Waals surface area contributed by atoms with Crippen LogP contribution in [-0.2, 0) is 6.54 Å². The molecule has 0 aromatic carbocycles. The summed E-state index contributed by atoms with van der Waals surface area (Å²) in [7, 11) is 0. The van der Waals surface area contributed by atoms with Crippen LogP contribution in [0.25, 0.3) is 0 Å². The molecule has 0 radical (unpaired) electrons. The van der Waals surface area contributed by atoms with Crippen LogP contribution in [0.4, 0.5) is 0 Å². The van der Waals surface area contributed by atoms with Crippen LogP contribution in [0.3, 0.4) is 0 Å². The lowest BCUT2D eigenvalue weighted by Crippen LogP contribution is -2.61.